The first-order valence-corrected chi connectivity index (χ1v) is 8.99. The summed E-state index contributed by atoms with van der Waals surface area (Å²) in [6, 6.07) is 15.7. The van der Waals surface area contributed by atoms with Crippen LogP contribution in [0.1, 0.15) is 5.56 Å². The number of hydrogen-bond acceptors (Lipinski definition) is 4. The fourth-order valence-electron chi connectivity index (χ4n) is 2.62. The maximum absolute atomic E-state index is 11.3. The van der Waals surface area contributed by atoms with Crippen molar-refractivity contribution in [3.05, 3.63) is 66.4 Å². The van der Waals surface area contributed by atoms with E-state index in [1.807, 2.05) is 48.0 Å². The number of anilines is 1. The van der Waals surface area contributed by atoms with E-state index in [1.165, 1.54) is 12.1 Å². The quantitative estimate of drug-likeness (QED) is 0.533. The zero-order valence-corrected chi connectivity index (χ0v) is 14.3. The van der Waals surface area contributed by atoms with Gasteiger partial charge in [-0.25, -0.2) is 8.42 Å². The normalized spacial score (nSPS) is 13.0. The van der Waals surface area contributed by atoms with Crippen molar-refractivity contribution in [2.45, 2.75) is 18.4 Å². The van der Waals surface area contributed by atoms with Gasteiger partial charge >= 0.3 is 0 Å². The van der Waals surface area contributed by atoms with E-state index in [9.17, 15) is 17.8 Å². The number of nitrogens with one attached hydrogen (secondary N) is 1. The van der Waals surface area contributed by atoms with Crippen LogP contribution in [0.25, 0.3) is 10.9 Å². The number of pyridine rings is 1. The summed E-state index contributed by atoms with van der Waals surface area (Å²) >= 11 is 0. The molecule has 1 aromatic heterocycles. The Hall–Kier alpha value is -2.77. The van der Waals surface area contributed by atoms with Crippen molar-refractivity contribution in [2.24, 2.45) is 0 Å². The molecule has 1 aliphatic heterocycles. The van der Waals surface area contributed by atoms with Crippen molar-refractivity contribution in [3.8, 4) is 0 Å². The molecule has 0 fully saturated rings. The molecule has 6 nitrogen and oxygen atoms in total. The number of aryl methyl sites for hydroxylation is 1. The Morgan fingerprint density at radius 3 is 2.40 bits per heavy atom. The van der Waals surface area contributed by atoms with Gasteiger partial charge in [0.2, 0.25) is 12.1 Å². The molecule has 0 bridgehead atoms. The average Bonchev–Trinajstić information content (AvgIpc) is 2.55. The van der Waals surface area contributed by atoms with Crippen LogP contribution >= 0.6 is 0 Å². The molecule has 0 atom stereocenters. The third-order valence-electron chi connectivity index (χ3n) is 3.79. The number of carbonyl (C=O) groups excluding carboxylic acids is 1. The number of rotatable bonds is 1. The first-order chi connectivity index (χ1) is 11.8. The summed E-state index contributed by atoms with van der Waals surface area (Å²) in [4.78, 5) is 11.2. The van der Waals surface area contributed by atoms with Crippen molar-refractivity contribution in [1.82, 2.24) is 0 Å². The lowest BCUT2D eigenvalue weighted by Crippen LogP contribution is -2.44. The van der Waals surface area contributed by atoms with E-state index in [2.05, 4.69) is 5.32 Å². The molecule has 1 amide bonds. The van der Waals surface area contributed by atoms with Crippen LogP contribution in [0.4, 0.5) is 5.69 Å². The summed E-state index contributed by atoms with van der Waals surface area (Å²) in [6.45, 7) is 2.23. The highest BCUT2D eigenvalue weighted by molar-refractivity contribution is 7.85. The molecular weight excluding hydrogens is 340 g/mol. The third kappa shape index (κ3) is 3.84. The Morgan fingerprint density at radius 2 is 1.72 bits per heavy atom. The first kappa shape index (κ1) is 17.1. The van der Waals surface area contributed by atoms with Gasteiger partial charge in [-0.05, 0) is 37.3 Å². The molecule has 3 aromatic rings. The zero-order valence-electron chi connectivity index (χ0n) is 13.5. The second-order valence-electron chi connectivity index (χ2n) is 5.69. The predicted molar refractivity (Wildman–Crippen MR) is 91.9 cm³/mol. The van der Waals surface area contributed by atoms with Crippen molar-refractivity contribution in [3.63, 3.8) is 0 Å². The lowest BCUT2D eigenvalue weighted by atomic mass is 10.1. The fourth-order valence-corrected chi connectivity index (χ4v) is 3.09. The van der Waals surface area contributed by atoms with E-state index in [1.54, 1.807) is 12.1 Å². The maximum atomic E-state index is 11.3. The van der Waals surface area contributed by atoms with Gasteiger partial charge < -0.3 is 9.87 Å². The van der Waals surface area contributed by atoms with Crippen LogP contribution in [0, 0.1) is 6.92 Å². The molecule has 128 valence electrons. The SMILES string of the molecule is Cc1ccc(S(=O)(=O)[O-])cc1.O=C1C[n+]2cccc3cccc(c32)N1. The molecule has 0 saturated heterocycles. The summed E-state index contributed by atoms with van der Waals surface area (Å²) in [7, 11) is -4.27. The van der Waals surface area contributed by atoms with Crippen LogP contribution in [0.3, 0.4) is 0 Å². The van der Waals surface area contributed by atoms with Gasteiger partial charge in [0.1, 0.15) is 15.8 Å². The monoisotopic (exact) mass is 356 g/mol. The first-order valence-electron chi connectivity index (χ1n) is 7.58. The van der Waals surface area contributed by atoms with Gasteiger partial charge in [-0.15, -0.1) is 0 Å². The Bertz CT molecular complexity index is 1000. The van der Waals surface area contributed by atoms with E-state index in [0.717, 1.165) is 22.2 Å². The Balaban J connectivity index is 0.000000151. The van der Waals surface area contributed by atoms with Crippen LogP contribution in [0.5, 0.6) is 0 Å². The number of carbonyl (C=O) groups is 1. The largest absolute Gasteiger partial charge is 0.744 e. The summed E-state index contributed by atoms with van der Waals surface area (Å²) in [5, 5.41) is 4.02. The van der Waals surface area contributed by atoms with E-state index in [0.29, 0.717) is 6.54 Å². The molecule has 0 radical (unpaired) electrons. The van der Waals surface area contributed by atoms with E-state index < -0.39 is 10.1 Å². The summed E-state index contributed by atoms with van der Waals surface area (Å²) in [6.07, 6.45) is 1.94. The third-order valence-corrected chi connectivity index (χ3v) is 4.64. The number of para-hydroxylation sites is 1. The lowest BCUT2D eigenvalue weighted by Gasteiger charge is -2.11. The number of aromatic nitrogens is 1. The standard InChI is InChI=1S/C11H8N2O.C7H8O3S/c14-10-7-13-6-2-4-8-3-1-5-9(12-10)11(8)13;1-6-2-4-7(5-3-6)11(8,9)10/h1-6H,7H2;2-5H,1H3,(H,8,9,10). The van der Waals surface area contributed by atoms with Crippen LogP contribution in [-0.4, -0.2) is 18.9 Å². The second kappa shape index (κ2) is 6.62. The Labute approximate surface area is 145 Å². The summed E-state index contributed by atoms with van der Waals surface area (Å²) in [5.41, 5.74) is 2.94. The van der Waals surface area contributed by atoms with E-state index in [4.69, 9.17) is 0 Å². The summed E-state index contributed by atoms with van der Waals surface area (Å²) < 4.78 is 33.1. The van der Waals surface area contributed by atoms with Crippen LogP contribution in [0.15, 0.2) is 65.7 Å². The molecule has 2 heterocycles. The molecule has 1 aliphatic rings. The smallest absolute Gasteiger partial charge is 0.290 e. The minimum atomic E-state index is -4.27. The van der Waals surface area contributed by atoms with Gasteiger partial charge in [0.25, 0.3) is 5.91 Å². The average molecular weight is 356 g/mol. The van der Waals surface area contributed by atoms with E-state index >= 15 is 0 Å². The molecule has 2 aromatic carbocycles. The van der Waals surface area contributed by atoms with E-state index in [-0.39, 0.29) is 10.8 Å². The predicted octanol–water partition coefficient (Wildman–Crippen LogP) is 1.98. The highest BCUT2D eigenvalue weighted by Crippen LogP contribution is 2.21. The molecule has 7 heteroatoms. The molecule has 0 spiro atoms. The van der Waals surface area contributed by atoms with Crippen molar-refractivity contribution < 1.29 is 22.3 Å². The number of benzene rings is 2. The Morgan fingerprint density at radius 1 is 1.04 bits per heavy atom. The summed E-state index contributed by atoms with van der Waals surface area (Å²) in [5.74, 6) is 0.0428. The highest BCUT2D eigenvalue weighted by atomic mass is 32.2. The Kier molecular flexibility index (Phi) is 4.52. The second-order valence-corrected chi connectivity index (χ2v) is 7.07. The highest BCUT2D eigenvalue weighted by Gasteiger charge is 2.22. The van der Waals surface area contributed by atoms with Crippen molar-refractivity contribution in [2.75, 3.05) is 5.32 Å². The van der Waals surface area contributed by atoms with Crippen LogP contribution < -0.4 is 9.88 Å². The van der Waals surface area contributed by atoms with Crippen molar-refractivity contribution in [1.29, 1.82) is 0 Å². The number of nitrogens with zero attached hydrogens (tertiary/aromatic N) is 1. The van der Waals surface area contributed by atoms with Crippen molar-refractivity contribution >= 4 is 32.6 Å². The molecule has 25 heavy (non-hydrogen) atoms. The van der Waals surface area contributed by atoms with Gasteiger partial charge in [-0.2, -0.15) is 4.57 Å². The van der Waals surface area contributed by atoms with Gasteiger partial charge in [-0.1, -0.05) is 23.8 Å². The fraction of sp³-hybridized carbons (Fsp3) is 0.111. The van der Waals surface area contributed by atoms with Crippen LogP contribution in [0.2, 0.25) is 0 Å². The lowest BCUT2D eigenvalue weighted by molar-refractivity contribution is -0.658. The molecule has 0 saturated carbocycles. The van der Waals surface area contributed by atoms with Gasteiger partial charge in [0.05, 0.1) is 4.90 Å². The van der Waals surface area contributed by atoms with Gasteiger partial charge in [-0.3, -0.25) is 4.79 Å². The zero-order chi connectivity index (χ0) is 18.0. The maximum Gasteiger partial charge on any atom is 0.290 e. The van der Waals surface area contributed by atoms with Gasteiger partial charge in [0, 0.05) is 11.5 Å². The minimum Gasteiger partial charge on any atom is -0.744 e. The molecule has 0 aliphatic carbocycles. The van der Waals surface area contributed by atoms with Crippen LogP contribution in [-0.2, 0) is 21.5 Å². The minimum absolute atomic E-state index is 0.0428. The molecule has 4 rings (SSSR count). The topological polar surface area (TPSA) is 90.2 Å². The van der Waals surface area contributed by atoms with Gasteiger partial charge in [0.15, 0.2) is 6.20 Å². The number of amides is 1. The molecule has 0 unspecified atom stereocenters. The molecule has 1 N–H and O–H groups in total. The molecular formula is C18H16N2O4S. The number of hydrogen-bond donors (Lipinski definition) is 1.